The standard InChI is InChI=1S/C18H17NO3/c1-19(14-7-3-2-4-8-14)18(21)22-15-10-11-16-13(12-15)6-5-9-17(16)20/h2-4,7-8,10-12H,5-6,9H2,1H3. The molecular weight excluding hydrogens is 278 g/mol. The molecule has 3 rings (SSSR count). The first kappa shape index (κ1) is 14.3. The molecule has 1 aliphatic carbocycles. The Kier molecular flexibility index (Phi) is 3.92. The predicted octanol–water partition coefficient (Wildman–Crippen LogP) is 3.84. The van der Waals surface area contributed by atoms with E-state index < -0.39 is 6.09 Å². The van der Waals surface area contributed by atoms with Crippen LogP contribution in [0, 0.1) is 0 Å². The van der Waals surface area contributed by atoms with Crippen molar-refractivity contribution < 1.29 is 14.3 Å². The molecule has 0 atom stereocenters. The molecule has 0 aromatic heterocycles. The zero-order valence-corrected chi connectivity index (χ0v) is 12.4. The van der Waals surface area contributed by atoms with Crippen LogP contribution >= 0.6 is 0 Å². The molecule has 112 valence electrons. The number of nitrogens with zero attached hydrogens (tertiary/aromatic N) is 1. The highest BCUT2D eigenvalue weighted by Crippen LogP contribution is 2.26. The van der Waals surface area contributed by atoms with Gasteiger partial charge in [-0.25, -0.2) is 4.79 Å². The Morgan fingerprint density at radius 2 is 1.86 bits per heavy atom. The number of carbonyl (C=O) groups is 2. The van der Waals surface area contributed by atoms with Gasteiger partial charge in [0, 0.05) is 24.7 Å². The number of Topliss-reactive ketones (excluding diaryl/α,β-unsaturated/α-hetero) is 1. The molecule has 2 aromatic rings. The van der Waals surface area contributed by atoms with Crippen LogP contribution < -0.4 is 9.64 Å². The fraction of sp³-hybridized carbons (Fsp3) is 0.222. The number of ketones is 1. The maximum absolute atomic E-state index is 12.2. The van der Waals surface area contributed by atoms with Crippen LogP contribution in [0.2, 0.25) is 0 Å². The van der Waals surface area contributed by atoms with Crippen molar-refractivity contribution in [2.24, 2.45) is 0 Å². The van der Waals surface area contributed by atoms with Gasteiger partial charge < -0.3 is 4.74 Å². The Bertz CT molecular complexity index is 710. The number of rotatable bonds is 2. The van der Waals surface area contributed by atoms with Crippen molar-refractivity contribution in [2.75, 3.05) is 11.9 Å². The van der Waals surface area contributed by atoms with Gasteiger partial charge in [-0.2, -0.15) is 0 Å². The molecule has 2 aromatic carbocycles. The van der Waals surface area contributed by atoms with Crippen LogP contribution in [0.15, 0.2) is 48.5 Å². The van der Waals surface area contributed by atoms with E-state index in [1.54, 1.807) is 25.2 Å². The molecular formula is C18H17NO3. The Morgan fingerprint density at radius 1 is 1.09 bits per heavy atom. The normalized spacial score (nSPS) is 13.4. The smallest absolute Gasteiger partial charge is 0.410 e. The van der Waals surface area contributed by atoms with Gasteiger partial charge in [-0.05, 0) is 48.7 Å². The second-order valence-electron chi connectivity index (χ2n) is 5.36. The Morgan fingerprint density at radius 3 is 2.64 bits per heavy atom. The van der Waals surface area contributed by atoms with E-state index in [9.17, 15) is 9.59 Å². The lowest BCUT2D eigenvalue weighted by Gasteiger charge is -2.18. The molecule has 0 radical (unpaired) electrons. The summed E-state index contributed by atoms with van der Waals surface area (Å²) in [5.41, 5.74) is 2.48. The number of amides is 1. The number of ether oxygens (including phenoxy) is 1. The molecule has 1 aliphatic rings. The Labute approximate surface area is 129 Å². The number of hydrogen-bond acceptors (Lipinski definition) is 3. The van der Waals surface area contributed by atoms with E-state index in [1.807, 2.05) is 30.3 Å². The number of fused-ring (bicyclic) bond motifs is 1. The molecule has 0 heterocycles. The van der Waals surface area contributed by atoms with Crippen LogP contribution in [0.25, 0.3) is 0 Å². The summed E-state index contributed by atoms with van der Waals surface area (Å²) in [6, 6.07) is 14.5. The summed E-state index contributed by atoms with van der Waals surface area (Å²) < 4.78 is 5.41. The third kappa shape index (κ3) is 2.86. The number of carbonyl (C=O) groups excluding carboxylic acids is 2. The van der Waals surface area contributed by atoms with Crippen molar-refractivity contribution >= 4 is 17.6 Å². The number of anilines is 1. The van der Waals surface area contributed by atoms with Crippen molar-refractivity contribution in [3.63, 3.8) is 0 Å². The first-order chi connectivity index (χ1) is 10.6. The van der Waals surface area contributed by atoms with Gasteiger partial charge in [0.25, 0.3) is 0 Å². The second kappa shape index (κ2) is 6.02. The summed E-state index contributed by atoms with van der Waals surface area (Å²) in [4.78, 5) is 25.4. The first-order valence-electron chi connectivity index (χ1n) is 7.32. The molecule has 22 heavy (non-hydrogen) atoms. The van der Waals surface area contributed by atoms with E-state index in [0.717, 1.165) is 29.7 Å². The molecule has 0 N–H and O–H groups in total. The number of benzene rings is 2. The third-order valence-electron chi connectivity index (χ3n) is 3.85. The van der Waals surface area contributed by atoms with E-state index in [2.05, 4.69) is 0 Å². The van der Waals surface area contributed by atoms with E-state index in [-0.39, 0.29) is 5.78 Å². The maximum atomic E-state index is 12.2. The molecule has 0 aliphatic heterocycles. The molecule has 0 spiro atoms. The van der Waals surface area contributed by atoms with E-state index in [4.69, 9.17) is 4.74 Å². The summed E-state index contributed by atoms with van der Waals surface area (Å²) in [5, 5.41) is 0. The van der Waals surface area contributed by atoms with Gasteiger partial charge in [-0.3, -0.25) is 9.69 Å². The Balaban J connectivity index is 1.76. The maximum Gasteiger partial charge on any atom is 0.419 e. The SMILES string of the molecule is CN(C(=O)Oc1ccc2c(c1)CCCC2=O)c1ccccc1. The molecule has 0 saturated heterocycles. The lowest BCUT2D eigenvalue weighted by molar-refractivity contribution is 0.0972. The third-order valence-corrected chi connectivity index (χ3v) is 3.85. The molecule has 0 saturated carbocycles. The molecule has 0 fully saturated rings. The van der Waals surface area contributed by atoms with Gasteiger partial charge in [0.05, 0.1) is 0 Å². The lowest BCUT2D eigenvalue weighted by atomic mass is 9.91. The first-order valence-corrected chi connectivity index (χ1v) is 7.32. The van der Waals surface area contributed by atoms with Gasteiger partial charge in [0.15, 0.2) is 5.78 Å². The number of para-hydroxylation sites is 1. The number of hydrogen-bond donors (Lipinski definition) is 0. The molecule has 0 bridgehead atoms. The van der Waals surface area contributed by atoms with Crippen molar-refractivity contribution in [3.8, 4) is 5.75 Å². The molecule has 4 heteroatoms. The van der Waals surface area contributed by atoms with Crippen LogP contribution in [0.5, 0.6) is 5.75 Å². The summed E-state index contributed by atoms with van der Waals surface area (Å²) in [6.07, 6.45) is 1.85. The zero-order chi connectivity index (χ0) is 15.5. The summed E-state index contributed by atoms with van der Waals surface area (Å²) in [6.45, 7) is 0. The van der Waals surface area contributed by atoms with Crippen molar-refractivity contribution in [3.05, 3.63) is 59.7 Å². The van der Waals surface area contributed by atoms with Gasteiger partial charge in [0.2, 0.25) is 0 Å². The van der Waals surface area contributed by atoms with E-state index in [1.165, 1.54) is 4.90 Å². The minimum atomic E-state index is -0.451. The molecule has 1 amide bonds. The predicted molar refractivity (Wildman–Crippen MR) is 84.6 cm³/mol. The Hall–Kier alpha value is -2.62. The largest absolute Gasteiger partial charge is 0.419 e. The van der Waals surface area contributed by atoms with Gasteiger partial charge >= 0.3 is 6.09 Å². The van der Waals surface area contributed by atoms with Crippen LogP contribution in [0.4, 0.5) is 10.5 Å². The highest BCUT2D eigenvalue weighted by Gasteiger charge is 2.19. The van der Waals surface area contributed by atoms with Crippen molar-refractivity contribution in [2.45, 2.75) is 19.3 Å². The minimum absolute atomic E-state index is 0.167. The van der Waals surface area contributed by atoms with Crippen molar-refractivity contribution in [1.82, 2.24) is 0 Å². The van der Waals surface area contributed by atoms with E-state index >= 15 is 0 Å². The molecule has 0 unspecified atom stereocenters. The van der Waals surface area contributed by atoms with Crippen LogP contribution in [-0.2, 0) is 6.42 Å². The van der Waals surface area contributed by atoms with Crippen LogP contribution in [0.3, 0.4) is 0 Å². The summed E-state index contributed by atoms with van der Waals surface area (Å²) >= 11 is 0. The topological polar surface area (TPSA) is 46.6 Å². The van der Waals surface area contributed by atoms with Crippen LogP contribution in [0.1, 0.15) is 28.8 Å². The average molecular weight is 295 g/mol. The number of aryl methyl sites for hydroxylation is 1. The molecule has 4 nitrogen and oxygen atoms in total. The second-order valence-corrected chi connectivity index (χ2v) is 5.36. The summed E-state index contributed by atoms with van der Waals surface area (Å²) in [5.74, 6) is 0.641. The highest BCUT2D eigenvalue weighted by molar-refractivity contribution is 5.98. The van der Waals surface area contributed by atoms with Crippen molar-refractivity contribution in [1.29, 1.82) is 0 Å². The van der Waals surface area contributed by atoms with E-state index in [0.29, 0.717) is 12.2 Å². The van der Waals surface area contributed by atoms with Gasteiger partial charge in [0.1, 0.15) is 5.75 Å². The lowest BCUT2D eigenvalue weighted by Crippen LogP contribution is -2.29. The fourth-order valence-corrected chi connectivity index (χ4v) is 2.61. The van der Waals surface area contributed by atoms with Gasteiger partial charge in [-0.15, -0.1) is 0 Å². The monoisotopic (exact) mass is 295 g/mol. The summed E-state index contributed by atoms with van der Waals surface area (Å²) in [7, 11) is 1.67. The van der Waals surface area contributed by atoms with Crippen LogP contribution in [-0.4, -0.2) is 18.9 Å². The highest BCUT2D eigenvalue weighted by atomic mass is 16.6. The fourth-order valence-electron chi connectivity index (χ4n) is 2.61. The quantitative estimate of drug-likeness (QED) is 0.845. The van der Waals surface area contributed by atoms with Gasteiger partial charge in [-0.1, -0.05) is 18.2 Å². The zero-order valence-electron chi connectivity index (χ0n) is 12.4. The minimum Gasteiger partial charge on any atom is -0.410 e. The average Bonchev–Trinajstić information content (AvgIpc) is 2.55.